The van der Waals surface area contributed by atoms with E-state index in [4.69, 9.17) is 39.2 Å². The Hall–Kier alpha value is -3.06. The fraction of sp³-hybridized carbons (Fsp3) is 0.111. The Labute approximate surface area is 179 Å². The van der Waals surface area contributed by atoms with Crippen LogP contribution in [0.4, 0.5) is 16.9 Å². The first kappa shape index (κ1) is 19.3. The number of thiazole rings is 1. The molecule has 29 heavy (non-hydrogen) atoms. The molecule has 3 heterocycles. The predicted molar refractivity (Wildman–Crippen MR) is 117 cm³/mol. The fourth-order valence-corrected chi connectivity index (χ4v) is 3.93. The van der Waals surface area contributed by atoms with E-state index in [1.54, 1.807) is 18.3 Å². The number of nitrogens with two attached hydrogens (primary N) is 1. The van der Waals surface area contributed by atoms with E-state index in [2.05, 4.69) is 20.6 Å². The van der Waals surface area contributed by atoms with Gasteiger partial charge in [-0.2, -0.15) is 5.26 Å². The van der Waals surface area contributed by atoms with Crippen molar-refractivity contribution in [2.75, 3.05) is 29.5 Å². The third-order valence-corrected chi connectivity index (χ3v) is 5.52. The summed E-state index contributed by atoms with van der Waals surface area (Å²) in [5, 5.41) is 17.1. The Balaban J connectivity index is 1.52. The fourth-order valence-electron chi connectivity index (χ4n) is 2.71. The molecule has 0 unspecified atom stereocenters. The highest BCUT2D eigenvalue weighted by atomic mass is 35.5. The van der Waals surface area contributed by atoms with Gasteiger partial charge in [0.25, 0.3) is 0 Å². The maximum absolute atomic E-state index is 8.95. The number of anilines is 3. The maximum atomic E-state index is 8.95. The number of hydrogen-bond acceptors (Lipinski definition) is 8. The molecule has 0 atom stereocenters. The van der Waals surface area contributed by atoms with Crippen molar-refractivity contribution >= 4 is 57.1 Å². The minimum atomic E-state index is 0.238. The average Bonchev–Trinajstić information content (AvgIpc) is 3.31. The van der Waals surface area contributed by atoms with Crippen molar-refractivity contribution in [3.63, 3.8) is 0 Å². The van der Waals surface area contributed by atoms with Gasteiger partial charge in [-0.05, 0) is 18.2 Å². The molecule has 0 fully saturated rings. The van der Waals surface area contributed by atoms with Gasteiger partial charge in [-0.1, -0.05) is 34.5 Å². The lowest BCUT2D eigenvalue weighted by Gasteiger charge is -2.11. The van der Waals surface area contributed by atoms with E-state index >= 15 is 0 Å². The lowest BCUT2D eigenvalue weighted by atomic mass is 10.1. The van der Waals surface area contributed by atoms with E-state index in [9.17, 15) is 0 Å². The number of benzene rings is 1. The summed E-state index contributed by atoms with van der Waals surface area (Å²) in [5.74, 6) is 0.862. The summed E-state index contributed by atoms with van der Waals surface area (Å²) in [5.41, 5.74) is 7.87. The lowest BCUT2D eigenvalue weighted by molar-refractivity contribution is 1.000. The van der Waals surface area contributed by atoms with Crippen LogP contribution < -0.4 is 16.4 Å². The van der Waals surface area contributed by atoms with Crippen LogP contribution in [0.5, 0.6) is 0 Å². The van der Waals surface area contributed by atoms with Gasteiger partial charge in [-0.25, -0.2) is 15.0 Å². The van der Waals surface area contributed by atoms with Crippen molar-refractivity contribution in [1.29, 1.82) is 5.26 Å². The highest BCUT2D eigenvalue weighted by Crippen LogP contribution is 2.30. The van der Waals surface area contributed by atoms with Crippen LogP contribution in [-0.4, -0.2) is 32.4 Å². The summed E-state index contributed by atoms with van der Waals surface area (Å²) in [6, 6.07) is 9.16. The van der Waals surface area contributed by atoms with Crippen molar-refractivity contribution in [1.82, 2.24) is 19.4 Å². The van der Waals surface area contributed by atoms with Crippen LogP contribution >= 0.6 is 34.5 Å². The summed E-state index contributed by atoms with van der Waals surface area (Å²) < 4.78 is 1.85. The summed E-state index contributed by atoms with van der Waals surface area (Å²) in [6.45, 7) is 1.11. The van der Waals surface area contributed by atoms with Gasteiger partial charge in [0.15, 0.2) is 10.9 Å². The van der Waals surface area contributed by atoms with Crippen molar-refractivity contribution in [2.24, 2.45) is 0 Å². The maximum Gasteiger partial charge on any atom is 0.209 e. The molecule has 0 saturated heterocycles. The summed E-state index contributed by atoms with van der Waals surface area (Å²) in [7, 11) is 0. The third kappa shape index (κ3) is 4.05. The Morgan fingerprint density at radius 2 is 2.00 bits per heavy atom. The summed E-state index contributed by atoms with van der Waals surface area (Å²) >= 11 is 13.6. The number of rotatable bonds is 6. The number of aromatic nitrogens is 4. The minimum Gasteiger partial charge on any atom is -0.382 e. The number of nitrogen functional groups attached to an aromatic ring is 1. The van der Waals surface area contributed by atoms with E-state index < -0.39 is 0 Å². The molecule has 4 N–H and O–H groups in total. The van der Waals surface area contributed by atoms with E-state index in [-0.39, 0.29) is 5.82 Å². The molecule has 146 valence electrons. The normalized spacial score (nSPS) is 10.8. The van der Waals surface area contributed by atoms with Crippen molar-refractivity contribution in [3.8, 4) is 17.3 Å². The summed E-state index contributed by atoms with van der Waals surface area (Å²) in [6.07, 6.45) is 3.53. The van der Waals surface area contributed by atoms with Gasteiger partial charge in [0.1, 0.15) is 16.6 Å². The second-order valence-electron chi connectivity index (χ2n) is 5.94. The molecule has 0 spiro atoms. The van der Waals surface area contributed by atoms with Gasteiger partial charge >= 0.3 is 0 Å². The number of nitrogens with one attached hydrogen (secondary N) is 2. The second kappa shape index (κ2) is 8.13. The molecule has 0 aliphatic heterocycles. The van der Waals surface area contributed by atoms with Crippen molar-refractivity contribution in [3.05, 3.63) is 51.6 Å². The number of nitrogens with zero attached hydrogens (tertiary/aromatic N) is 5. The second-order valence-corrected chi connectivity index (χ2v) is 7.79. The molecular formula is C18H14Cl2N8S. The standard InChI is InChI=1S/C18H14Cl2N8S/c19-10-1-2-11(12(20)7-10)13-8-15-23-5-6-28(15)17(26-13)24-3-4-25-18-27-16(22)14(9-21)29-18/h1-2,5-8H,3-4,22H2,(H,24,26)(H,25,27). The number of nitriles is 1. The first-order valence-electron chi connectivity index (χ1n) is 8.49. The number of fused-ring (bicyclic) bond motifs is 1. The molecule has 0 aliphatic rings. The lowest BCUT2D eigenvalue weighted by Crippen LogP contribution is -2.16. The smallest absolute Gasteiger partial charge is 0.209 e. The van der Waals surface area contributed by atoms with E-state index in [0.717, 1.165) is 11.2 Å². The van der Waals surface area contributed by atoms with Gasteiger partial charge in [0.05, 0.1) is 10.7 Å². The van der Waals surface area contributed by atoms with Crippen LogP contribution in [0.2, 0.25) is 10.0 Å². The molecule has 0 bridgehead atoms. The van der Waals surface area contributed by atoms with Crippen LogP contribution in [-0.2, 0) is 0 Å². The molecule has 3 aromatic heterocycles. The zero-order valence-corrected chi connectivity index (χ0v) is 17.2. The number of imidazole rings is 1. The highest BCUT2D eigenvalue weighted by Gasteiger charge is 2.12. The molecule has 0 saturated carbocycles. The Kier molecular flexibility index (Phi) is 5.40. The van der Waals surface area contributed by atoms with E-state index in [1.807, 2.05) is 28.8 Å². The quantitative estimate of drug-likeness (QED) is 0.382. The monoisotopic (exact) mass is 444 g/mol. The zero-order valence-electron chi connectivity index (χ0n) is 14.9. The zero-order chi connectivity index (χ0) is 20.4. The molecule has 0 amide bonds. The molecule has 0 radical (unpaired) electrons. The van der Waals surface area contributed by atoms with Gasteiger partial charge in [0.2, 0.25) is 5.95 Å². The largest absolute Gasteiger partial charge is 0.382 e. The molecule has 4 rings (SSSR count). The Morgan fingerprint density at radius 3 is 2.76 bits per heavy atom. The van der Waals surface area contributed by atoms with Crippen LogP contribution in [0.15, 0.2) is 36.7 Å². The van der Waals surface area contributed by atoms with E-state index in [1.165, 1.54) is 11.3 Å². The predicted octanol–water partition coefficient (Wildman–Crippen LogP) is 4.14. The average molecular weight is 445 g/mol. The SMILES string of the molecule is N#Cc1sc(NCCNc2nc(-c3ccc(Cl)cc3Cl)cc3nccn23)nc1N. The molecule has 8 nitrogen and oxygen atoms in total. The van der Waals surface area contributed by atoms with E-state index in [0.29, 0.717) is 44.8 Å². The highest BCUT2D eigenvalue weighted by molar-refractivity contribution is 7.16. The first-order valence-corrected chi connectivity index (χ1v) is 10.1. The molecule has 4 aromatic rings. The minimum absolute atomic E-state index is 0.238. The van der Waals surface area contributed by atoms with Crippen LogP contribution in [0, 0.1) is 11.3 Å². The topological polar surface area (TPSA) is 117 Å². The Bertz CT molecular complexity index is 1230. The van der Waals surface area contributed by atoms with Crippen LogP contribution in [0.3, 0.4) is 0 Å². The van der Waals surface area contributed by atoms with Crippen LogP contribution in [0.25, 0.3) is 16.9 Å². The third-order valence-electron chi connectivity index (χ3n) is 4.04. The van der Waals surface area contributed by atoms with Gasteiger partial charge in [-0.3, -0.25) is 4.40 Å². The van der Waals surface area contributed by atoms with Gasteiger partial charge in [-0.15, -0.1) is 0 Å². The van der Waals surface area contributed by atoms with Gasteiger partial charge < -0.3 is 16.4 Å². The molecule has 1 aromatic carbocycles. The number of hydrogen-bond donors (Lipinski definition) is 3. The molecule has 0 aliphatic carbocycles. The number of halogens is 2. The summed E-state index contributed by atoms with van der Waals surface area (Å²) in [4.78, 5) is 13.6. The van der Waals surface area contributed by atoms with Gasteiger partial charge in [0, 0.05) is 42.1 Å². The molecular weight excluding hydrogens is 431 g/mol. The van der Waals surface area contributed by atoms with Crippen molar-refractivity contribution < 1.29 is 0 Å². The van der Waals surface area contributed by atoms with Crippen LogP contribution in [0.1, 0.15) is 4.88 Å². The van der Waals surface area contributed by atoms with Crippen molar-refractivity contribution in [2.45, 2.75) is 0 Å². The first-order chi connectivity index (χ1) is 14.0. The Morgan fingerprint density at radius 1 is 1.17 bits per heavy atom. The molecule has 11 heteroatoms.